The van der Waals surface area contributed by atoms with Crippen molar-refractivity contribution in [1.82, 2.24) is 10.2 Å². The molecule has 0 aromatic rings. The maximum atomic E-state index is 3.53. The van der Waals surface area contributed by atoms with Crippen LogP contribution in [0.5, 0.6) is 0 Å². The standard InChI is InChI=1S/C12H26N2/c1-4-6-7-14(5-2)12-8-11(3)9-13-10-12/h11-13H,4-10H2,1-3H3. The minimum Gasteiger partial charge on any atom is -0.315 e. The number of hydrogen-bond acceptors (Lipinski definition) is 2. The first kappa shape index (κ1) is 12.0. The quantitative estimate of drug-likeness (QED) is 0.728. The van der Waals surface area contributed by atoms with Crippen LogP contribution in [0.3, 0.4) is 0 Å². The van der Waals surface area contributed by atoms with Crippen molar-refractivity contribution in [3.05, 3.63) is 0 Å². The molecule has 2 heteroatoms. The van der Waals surface area contributed by atoms with Crippen LogP contribution < -0.4 is 5.32 Å². The average Bonchev–Trinajstić information content (AvgIpc) is 2.19. The van der Waals surface area contributed by atoms with Gasteiger partial charge in [0.15, 0.2) is 0 Å². The van der Waals surface area contributed by atoms with Gasteiger partial charge >= 0.3 is 0 Å². The smallest absolute Gasteiger partial charge is 0.0223 e. The third kappa shape index (κ3) is 3.58. The molecule has 1 aliphatic heterocycles. The molecule has 0 bridgehead atoms. The van der Waals surface area contributed by atoms with E-state index in [1.165, 1.54) is 45.4 Å². The Labute approximate surface area is 89.1 Å². The predicted octanol–water partition coefficient (Wildman–Crippen LogP) is 2.11. The highest BCUT2D eigenvalue weighted by atomic mass is 15.2. The van der Waals surface area contributed by atoms with E-state index in [2.05, 4.69) is 31.0 Å². The highest BCUT2D eigenvalue weighted by Gasteiger charge is 2.22. The molecule has 2 nitrogen and oxygen atoms in total. The van der Waals surface area contributed by atoms with E-state index < -0.39 is 0 Å². The zero-order chi connectivity index (χ0) is 10.4. The van der Waals surface area contributed by atoms with Crippen LogP contribution in [0, 0.1) is 5.92 Å². The van der Waals surface area contributed by atoms with Gasteiger partial charge in [-0.05, 0) is 38.4 Å². The lowest BCUT2D eigenvalue weighted by atomic mass is 9.96. The van der Waals surface area contributed by atoms with E-state index >= 15 is 0 Å². The predicted molar refractivity (Wildman–Crippen MR) is 62.6 cm³/mol. The maximum Gasteiger partial charge on any atom is 0.0223 e. The molecule has 0 aromatic heterocycles. The zero-order valence-electron chi connectivity index (χ0n) is 10.1. The minimum absolute atomic E-state index is 0.787. The second kappa shape index (κ2) is 6.41. The Kier molecular flexibility index (Phi) is 5.49. The zero-order valence-corrected chi connectivity index (χ0v) is 10.1. The molecule has 2 unspecified atom stereocenters. The van der Waals surface area contributed by atoms with Crippen molar-refractivity contribution in [2.45, 2.75) is 46.1 Å². The minimum atomic E-state index is 0.787. The number of rotatable bonds is 5. The molecular weight excluding hydrogens is 172 g/mol. The molecule has 0 aromatic carbocycles. The third-order valence-corrected chi connectivity index (χ3v) is 3.27. The van der Waals surface area contributed by atoms with Crippen molar-refractivity contribution >= 4 is 0 Å². The summed E-state index contributed by atoms with van der Waals surface area (Å²) in [5.41, 5.74) is 0. The van der Waals surface area contributed by atoms with Crippen LogP contribution in [0.25, 0.3) is 0 Å². The Morgan fingerprint density at radius 1 is 1.29 bits per heavy atom. The van der Waals surface area contributed by atoms with Gasteiger partial charge in [0, 0.05) is 12.6 Å². The molecule has 0 amide bonds. The molecule has 1 saturated heterocycles. The van der Waals surface area contributed by atoms with Gasteiger partial charge in [0.2, 0.25) is 0 Å². The lowest BCUT2D eigenvalue weighted by Crippen LogP contribution is -2.48. The van der Waals surface area contributed by atoms with Crippen molar-refractivity contribution in [2.75, 3.05) is 26.2 Å². The number of piperidine rings is 1. The molecule has 1 fully saturated rings. The van der Waals surface area contributed by atoms with Crippen LogP contribution in [-0.4, -0.2) is 37.1 Å². The largest absolute Gasteiger partial charge is 0.315 e. The fourth-order valence-electron chi connectivity index (χ4n) is 2.37. The lowest BCUT2D eigenvalue weighted by molar-refractivity contribution is 0.150. The molecule has 0 aliphatic carbocycles. The van der Waals surface area contributed by atoms with E-state index in [1.54, 1.807) is 0 Å². The van der Waals surface area contributed by atoms with Crippen molar-refractivity contribution in [2.24, 2.45) is 5.92 Å². The number of likely N-dealkylation sites (N-methyl/N-ethyl adjacent to an activating group) is 1. The van der Waals surface area contributed by atoms with Crippen LogP contribution in [0.2, 0.25) is 0 Å². The summed E-state index contributed by atoms with van der Waals surface area (Å²) >= 11 is 0. The van der Waals surface area contributed by atoms with Gasteiger partial charge < -0.3 is 5.32 Å². The Hall–Kier alpha value is -0.0800. The van der Waals surface area contributed by atoms with E-state index in [1.807, 2.05) is 0 Å². The summed E-state index contributed by atoms with van der Waals surface area (Å²) in [6, 6.07) is 0.787. The fraction of sp³-hybridized carbons (Fsp3) is 1.00. The molecule has 1 N–H and O–H groups in total. The highest BCUT2D eigenvalue weighted by molar-refractivity contribution is 4.80. The molecule has 84 valence electrons. The van der Waals surface area contributed by atoms with Gasteiger partial charge in [0.1, 0.15) is 0 Å². The van der Waals surface area contributed by atoms with Crippen molar-refractivity contribution < 1.29 is 0 Å². The van der Waals surface area contributed by atoms with Crippen molar-refractivity contribution in [3.8, 4) is 0 Å². The third-order valence-electron chi connectivity index (χ3n) is 3.27. The highest BCUT2D eigenvalue weighted by Crippen LogP contribution is 2.15. The monoisotopic (exact) mass is 198 g/mol. The van der Waals surface area contributed by atoms with E-state index in [0.717, 1.165) is 12.0 Å². The van der Waals surface area contributed by atoms with Gasteiger partial charge in [-0.25, -0.2) is 0 Å². The van der Waals surface area contributed by atoms with Gasteiger partial charge in [0.05, 0.1) is 0 Å². The molecule has 0 saturated carbocycles. The fourth-order valence-corrected chi connectivity index (χ4v) is 2.37. The molecule has 0 spiro atoms. The summed E-state index contributed by atoms with van der Waals surface area (Å²) in [5, 5.41) is 3.53. The summed E-state index contributed by atoms with van der Waals surface area (Å²) < 4.78 is 0. The maximum absolute atomic E-state index is 3.53. The Balaban J connectivity index is 2.34. The second-order valence-corrected chi connectivity index (χ2v) is 4.64. The van der Waals surface area contributed by atoms with Crippen LogP contribution in [0.4, 0.5) is 0 Å². The average molecular weight is 198 g/mol. The summed E-state index contributed by atoms with van der Waals surface area (Å²) in [5.74, 6) is 0.851. The number of nitrogens with zero attached hydrogens (tertiary/aromatic N) is 1. The summed E-state index contributed by atoms with van der Waals surface area (Å²) in [4.78, 5) is 2.64. The molecule has 1 aliphatic rings. The number of hydrogen-bond donors (Lipinski definition) is 1. The van der Waals surface area contributed by atoms with Crippen molar-refractivity contribution in [3.63, 3.8) is 0 Å². The lowest BCUT2D eigenvalue weighted by Gasteiger charge is -2.36. The Morgan fingerprint density at radius 2 is 2.07 bits per heavy atom. The van der Waals surface area contributed by atoms with Gasteiger partial charge in [0.25, 0.3) is 0 Å². The van der Waals surface area contributed by atoms with Gasteiger partial charge in [-0.2, -0.15) is 0 Å². The van der Waals surface area contributed by atoms with E-state index in [9.17, 15) is 0 Å². The Morgan fingerprint density at radius 3 is 2.64 bits per heavy atom. The van der Waals surface area contributed by atoms with Crippen LogP contribution in [0.1, 0.15) is 40.0 Å². The van der Waals surface area contributed by atoms with Crippen LogP contribution in [-0.2, 0) is 0 Å². The molecule has 0 radical (unpaired) electrons. The number of unbranched alkanes of at least 4 members (excludes halogenated alkanes) is 1. The first-order chi connectivity index (χ1) is 6.77. The first-order valence-corrected chi connectivity index (χ1v) is 6.22. The van der Waals surface area contributed by atoms with Gasteiger partial charge in [-0.3, -0.25) is 4.90 Å². The summed E-state index contributed by atoms with van der Waals surface area (Å²) in [7, 11) is 0. The molecular formula is C12H26N2. The molecule has 14 heavy (non-hydrogen) atoms. The first-order valence-electron chi connectivity index (χ1n) is 6.22. The summed E-state index contributed by atoms with van der Waals surface area (Å²) in [6.07, 6.45) is 4.04. The topological polar surface area (TPSA) is 15.3 Å². The normalized spacial score (nSPS) is 28.3. The van der Waals surface area contributed by atoms with Gasteiger partial charge in [-0.1, -0.05) is 27.2 Å². The van der Waals surface area contributed by atoms with E-state index in [4.69, 9.17) is 0 Å². The van der Waals surface area contributed by atoms with Crippen molar-refractivity contribution in [1.29, 1.82) is 0 Å². The molecule has 2 atom stereocenters. The summed E-state index contributed by atoms with van der Waals surface area (Å²) in [6.45, 7) is 11.8. The van der Waals surface area contributed by atoms with Crippen LogP contribution >= 0.6 is 0 Å². The number of nitrogens with one attached hydrogen (secondary N) is 1. The Bertz CT molecular complexity index is 147. The SMILES string of the molecule is CCCCN(CC)C1CNCC(C)C1. The van der Waals surface area contributed by atoms with E-state index in [-0.39, 0.29) is 0 Å². The van der Waals surface area contributed by atoms with Gasteiger partial charge in [-0.15, -0.1) is 0 Å². The second-order valence-electron chi connectivity index (χ2n) is 4.64. The molecule has 1 rings (SSSR count). The van der Waals surface area contributed by atoms with Crippen LogP contribution in [0.15, 0.2) is 0 Å². The van der Waals surface area contributed by atoms with E-state index in [0.29, 0.717) is 0 Å². The molecule has 1 heterocycles.